The van der Waals surface area contributed by atoms with E-state index < -0.39 is 11.4 Å². The summed E-state index contributed by atoms with van der Waals surface area (Å²) in [6.45, 7) is 7.18. The molecule has 22 heavy (non-hydrogen) atoms. The Morgan fingerprint density at radius 3 is 2.36 bits per heavy atom. The van der Waals surface area contributed by atoms with Crippen LogP contribution in [0.3, 0.4) is 0 Å². The van der Waals surface area contributed by atoms with Crippen LogP contribution in [0.1, 0.15) is 47.0 Å². The first-order chi connectivity index (χ1) is 10.1. The second-order valence-corrected chi connectivity index (χ2v) is 5.97. The summed E-state index contributed by atoms with van der Waals surface area (Å²) in [4.78, 5) is 33.8. The van der Waals surface area contributed by atoms with Gasteiger partial charge in [0.1, 0.15) is 0 Å². The molecule has 0 aromatic rings. The summed E-state index contributed by atoms with van der Waals surface area (Å²) in [6.07, 6.45) is 2.54. The van der Waals surface area contributed by atoms with E-state index in [9.17, 15) is 14.4 Å². The number of aliphatic carboxylic acids is 1. The molecule has 6 heteroatoms. The minimum atomic E-state index is -0.909. The highest BCUT2D eigenvalue weighted by Gasteiger charge is 2.26. The summed E-state index contributed by atoms with van der Waals surface area (Å²) in [5, 5.41) is 8.49. The largest absolute Gasteiger partial charge is 0.481 e. The van der Waals surface area contributed by atoms with E-state index in [1.165, 1.54) is 7.11 Å². The number of rotatable bonds is 9. The molecular weight excluding hydrogens is 288 g/mol. The highest BCUT2D eigenvalue weighted by atomic mass is 16.5. The van der Waals surface area contributed by atoms with Gasteiger partial charge in [0.2, 0.25) is 0 Å². The normalized spacial score (nSPS) is 13.4. The minimum Gasteiger partial charge on any atom is -0.481 e. The van der Waals surface area contributed by atoms with Crippen molar-refractivity contribution < 1.29 is 29.0 Å². The molecule has 6 nitrogen and oxygen atoms in total. The highest BCUT2D eigenvalue weighted by molar-refractivity contribution is 5.78. The van der Waals surface area contributed by atoms with Crippen LogP contribution < -0.4 is 0 Å². The lowest BCUT2D eigenvalue weighted by Gasteiger charge is -2.19. The van der Waals surface area contributed by atoms with Gasteiger partial charge in [-0.3, -0.25) is 14.4 Å². The molecule has 0 aliphatic rings. The molecule has 0 radical (unpaired) electrons. The maximum atomic E-state index is 11.8. The number of methoxy groups -OCH3 is 1. The number of carbonyl (C=O) groups excluding carboxylic acids is 2. The van der Waals surface area contributed by atoms with Crippen molar-refractivity contribution in [3.8, 4) is 0 Å². The average Bonchev–Trinajstić information content (AvgIpc) is 2.41. The summed E-state index contributed by atoms with van der Waals surface area (Å²) in [6, 6.07) is 0. The van der Waals surface area contributed by atoms with Gasteiger partial charge in [0.15, 0.2) is 0 Å². The second-order valence-electron chi connectivity index (χ2n) is 5.97. The van der Waals surface area contributed by atoms with Crippen LogP contribution in [0.15, 0.2) is 11.6 Å². The quantitative estimate of drug-likeness (QED) is 0.399. The van der Waals surface area contributed by atoms with E-state index in [0.717, 1.165) is 5.57 Å². The van der Waals surface area contributed by atoms with Gasteiger partial charge in [-0.05, 0) is 33.6 Å². The summed E-state index contributed by atoms with van der Waals surface area (Å²) in [5.41, 5.74) is 0.148. The molecule has 0 rings (SSSR count). The van der Waals surface area contributed by atoms with Gasteiger partial charge in [-0.25, -0.2) is 0 Å². The SMILES string of the molecule is COC(=O)C(C)(C)/C=C(/C)CC(C)C(=O)OCCCC(=O)O. The number of esters is 2. The Kier molecular flexibility index (Phi) is 8.45. The van der Waals surface area contributed by atoms with Gasteiger partial charge in [0, 0.05) is 6.42 Å². The monoisotopic (exact) mass is 314 g/mol. The molecule has 0 bridgehead atoms. The number of ether oxygens (including phenoxy) is 2. The Bertz CT molecular complexity index is 436. The molecule has 1 N–H and O–H groups in total. The molecule has 0 spiro atoms. The average molecular weight is 314 g/mol. The molecule has 1 unspecified atom stereocenters. The van der Waals surface area contributed by atoms with E-state index >= 15 is 0 Å². The van der Waals surface area contributed by atoms with Crippen LogP contribution in [-0.2, 0) is 23.9 Å². The number of carbonyl (C=O) groups is 3. The van der Waals surface area contributed by atoms with Crippen LogP contribution in [0.5, 0.6) is 0 Å². The Morgan fingerprint density at radius 2 is 1.86 bits per heavy atom. The van der Waals surface area contributed by atoms with E-state index in [1.54, 1.807) is 26.8 Å². The Balaban J connectivity index is 4.39. The number of carboxylic acid groups (broad SMARTS) is 1. The third kappa shape index (κ3) is 7.81. The lowest BCUT2D eigenvalue weighted by molar-refractivity contribution is -0.149. The molecule has 0 amide bonds. The fraction of sp³-hybridized carbons (Fsp3) is 0.688. The van der Waals surface area contributed by atoms with Crippen LogP contribution in [0.25, 0.3) is 0 Å². The third-order valence-corrected chi connectivity index (χ3v) is 3.13. The minimum absolute atomic E-state index is 0.0199. The summed E-state index contributed by atoms with van der Waals surface area (Å²) >= 11 is 0. The van der Waals surface area contributed by atoms with Crippen molar-refractivity contribution in [2.45, 2.75) is 47.0 Å². The summed E-state index contributed by atoms with van der Waals surface area (Å²) in [7, 11) is 1.34. The first-order valence-corrected chi connectivity index (χ1v) is 7.25. The predicted octanol–water partition coefficient (Wildman–Crippen LogP) is 2.57. The smallest absolute Gasteiger partial charge is 0.315 e. The van der Waals surface area contributed by atoms with E-state index in [2.05, 4.69) is 0 Å². The van der Waals surface area contributed by atoms with Crippen molar-refractivity contribution in [2.75, 3.05) is 13.7 Å². The van der Waals surface area contributed by atoms with E-state index in [-0.39, 0.29) is 30.9 Å². The number of allylic oxidation sites excluding steroid dienone is 1. The van der Waals surface area contributed by atoms with Gasteiger partial charge in [0.25, 0.3) is 0 Å². The topological polar surface area (TPSA) is 89.9 Å². The van der Waals surface area contributed by atoms with Crippen molar-refractivity contribution in [3.05, 3.63) is 11.6 Å². The van der Waals surface area contributed by atoms with Crippen molar-refractivity contribution in [1.29, 1.82) is 0 Å². The molecule has 0 aromatic carbocycles. The van der Waals surface area contributed by atoms with Crippen LogP contribution in [0, 0.1) is 11.3 Å². The zero-order valence-electron chi connectivity index (χ0n) is 14.0. The standard InChI is InChI=1S/C16H26O6/c1-11(10-16(3,4)15(20)21-5)9-12(2)14(19)22-8-6-7-13(17)18/h10,12H,6-9H2,1-5H3,(H,17,18)/b11-10-. The molecular formula is C16H26O6. The zero-order chi connectivity index (χ0) is 17.3. The second kappa shape index (κ2) is 9.23. The first-order valence-electron chi connectivity index (χ1n) is 7.25. The maximum Gasteiger partial charge on any atom is 0.315 e. The molecule has 0 fully saturated rings. The van der Waals surface area contributed by atoms with Crippen LogP contribution >= 0.6 is 0 Å². The fourth-order valence-electron chi connectivity index (χ4n) is 2.10. The van der Waals surface area contributed by atoms with Gasteiger partial charge < -0.3 is 14.6 Å². The summed E-state index contributed by atoms with van der Waals surface area (Å²) in [5.74, 6) is -1.97. The molecule has 0 aliphatic carbocycles. The molecule has 126 valence electrons. The summed E-state index contributed by atoms with van der Waals surface area (Å²) < 4.78 is 9.76. The van der Waals surface area contributed by atoms with Crippen molar-refractivity contribution in [3.63, 3.8) is 0 Å². The predicted molar refractivity (Wildman–Crippen MR) is 81.2 cm³/mol. The first kappa shape index (κ1) is 20.1. The van der Waals surface area contributed by atoms with E-state index in [4.69, 9.17) is 14.6 Å². The van der Waals surface area contributed by atoms with Gasteiger partial charge in [-0.2, -0.15) is 0 Å². The third-order valence-electron chi connectivity index (χ3n) is 3.13. The molecule has 1 atom stereocenters. The van der Waals surface area contributed by atoms with Crippen LogP contribution in [0.4, 0.5) is 0 Å². The van der Waals surface area contributed by atoms with E-state index in [1.807, 2.05) is 6.92 Å². The fourth-order valence-corrected chi connectivity index (χ4v) is 2.10. The Labute approximate surface area is 131 Å². The van der Waals surface area contributed by atoms with Crippen LogP contribution in [0.2, 0.25) is 0 Å². The van der Waals surface area contributed by atoms with E-state index in [0.29, 0.717) is 12.8 Å². The molecule has 0 aromatic heterocycles. The van der Waals surface area contributed by atoms with Crippen molar-refractivity contribution in [1.82, 2.24) is 0 Å². The van der Waals surface area contributed by atoms with Gasteiger partial charge >= 0.3 is 17.9 Å². The zero-order valence-corrected chi connectivity index (χ0v) is 14.0. The number of hydrogen-bond acceptors (Lipinski definition) is 5. The van der Waals surface area contributed by atoms with Gasteiger partial charge in [-0.1, -0.05) is 18.6 Å². The number of carboxylic acids is 1. The Hall–Kier alpha value is -1.85. The van der Waals surface area contributed by atoms with Gasteiger partial charge in [0.05, 0.1) is 25.0 Å². The van der Waals surface area contributed by atoms with Crippen LogP contribution in [-0.4, -0.2) is 36.7 Å². The lowest BCUT2D eigenvalue weighted by atomic mass is 9.89. The number of hydrogen-bond donors (Lipinski definition) is 1. The van der Waals surface area contributed by atoms with Gasteiger partial charge in [-0.15, -0.1) is 0 Å². The molecule has 0 saturated heterocycles. The molecule has 0 heterocycles. The molecule has 0 saturated carbocycles. The Morgan fingerprint density at radius 1 is 1.27 bits per heavy atom. The highest BCUT2D eigenvalue weighted by Crippen LogP contribution is 2.24. The lowest BCUT2D eigenvalue weighted by Crippen LogP contribution is -2.24. The molecule has 0 aliphatic heterocycles. The van der Waals surface area contributed by atoms with Crippen molar-refractivity contribution >= 4 is 17.9 Å². The van der Waals surface area contributed by atoms with Crippen molar-refractivity contribution in [2.24, 2.45) is 11.3 Å². The maximum absolute atomic E-state index is 11.8.